The van der Waals surface area contributed by atoms with Crippen LogP contribution in [0.4, 0.5) is 0 Å². The maximum Gasteiger partial charge on any atom is 0.254 e. The Morgan fingerprint density at radius 1 is 1.19 bits per heavy atom. The molecule has 1 amide bonds. The summed E-state index contributed by atoms with van der Waals surface area (Å²) in [6, 6.07) is 18.4. The lowest BCUT2D eigenvalue weighted by Gasteiger charge is -2.28. The molecule has 2 aromatic rings. The summed E-state index contributed by atoms with van der Waals surface area (Å²) < 4.78 is 6.11. The highest BCUT2D eigenvalue weighted by Crippen LogP contribution is 2.41. The molecule has 2 N–H and O–H groups in total. The molecule has 0 aliphatic heterocycles. The number of benzene rings is 2. The van der Waals surface area contributed by atoms with E-state index in [0.717, 1.165) is 43.2 Å². The molecule has 1 fully saturated rings. The van der Waals surface area contributed by atoms with Gasteiger partial charge < -0.3 is 15.4 Å². The summed E-state index contributed by atoms with van der Waals surface area (Å²) in [6.45, 7) is 9.14. The monoisotopic (exact) mass is 499 g/mol. The van der Waals surface area contributed by atoms with Gasteiger partial charge in [-0.1, -0.05) is 62.1 Å². The molecular formula is C32H41N3O2. The zero-order valence-corrected chi connectivity index (χ0v) is 22.8. The van der Waals surface area contributed by atoms with Crippen LogP contribution in [0.3, 0.4) is 0 Å². The highest BCUT2D eigenvalue weighted by Gasteiger charge is 2.37. The highest BCUT2D eigenvalue weighted by molar-refractivity contribution is 5.95. The number of carbonyl (C=O) groups excluding carboxylic acids is 1. The molecule has 1 aliphatic carbocycles. The van der Waals surface area contributed by atoms with Crippen LogP contribution in [0.5, 0.6) is 0 Å². The van der Waals surface area contributed by atoms with Gasteiger partial charge in [0.15, 0.2) is 0 Å². The van der Waals surface area contributed by atoms with Crippen LogP contribution < -0.4 is 5.73 Å². The molecule has 37 heavy (non-hydrogen) atoms. The number of ether oxygens (including phenoxy) is 1. The van der Waals surface area contributed by atoms with Crippen molar-refractivity contribution in [2.75, 3.05) is 13.2 Å². The van der Waals surface area contributed by atoms with Crippen LogP contribution in [-0.4, -0.2) is 35.5 Å². The minimum atomic E-state index is -0.550. The van der Waals surface area contributed by atoms with Crippen molar-refractivity contribution >= 4 is 5.91 Å². The molecule has 196 valence electrons. The number of hydrogen-bond donors (Lipinski definition) is 1. The normalized spacial score (nSPS) is 16.6. The van der Waals surface area contributed by atoms with Crippen molar-refractivity contribution in [3.05, 3.63) is 70.8 Å². The standard InChI is InChI=1S/C32H41N3O2/c1-5-12-25(3)35(17-6-2)30(36)28-18-27(19-29(20-28)32(23-33)15-10-11-16-32)22-37-24-31(4,34)21-26-13-8-7-9-14-26/h7-9,13-14,18-20,25H,6,10-11,15-17,21-22,24,34H2,1-4H3. The molecule has 3 rings (SSSR count). The van der Waals surface area contributed by atoms with Crippen molar-refractivity contribution in [2.45, 2.75) is 89.8 Å². The van der Waals surface area contributed by atoms with E-state index in [1.807, 2.05) is 49.1 Å². The van der Waals surface area contributed by atoms with E-state index in [1.54, 1.807) is 6.92 Å². The van der Waals surface area contributed by atoms with Gasteiger partial charge in [0, 0.05) is 17.6 Å². The van der Waals surface area contributed by atoms with E-state index in [2.05, 4.69) is 43.0 Å². The Bertz CT molecular complexity index is 1150. The van der Waals surface area contributed by atoms with Crippen LogP contribution in [-0.2, 0) is 23.2 Å². The van der Waals surface area contributed by atoms with Gasteiger partial charge >= 0.3 is 0 Å². The van der Waals surface area contributed by atoms with Crippen LogP contribution in [0.15, 0.2) is 48.5 Å². The number of rotatable bonds is 11. The van der Waals surface area contributed by atoms with Gasteiger partial charge in [0.1, 0.15) is 0 Å². The number of carbonyl (C=O) groups is 1. The van der Waals surface area contributed by atoms with Gasteiger partial charge in [-0.15, -0.1) is 5.92 Å². The van der Waals surface area contributed by atoms with E-state index in [4.69, 9.17) is 10.5 Å². The van der Waals surface area contributed by atoms with Gasteiger partial charge in [-0.2, -0.15) is 5.26 Å². The third-order valence-electron chi connectivity index (χ3n) is 7.16. The molecule has 5 nitrogen and oxygen atoms in total. The molecule has 0 radical (unpaired) electrons. The first-order valence-corrected chi connectivity index (χ1v) is 13.4. The Morgan fingerprint density at radius 3 is 2.51 bits per heavy atom. The van der Waals surface area contributed by atoms with E-state index in [-0.39, 0.29) is 11.9 Å². The number of hydrogen-bond acceptors (Lipinski definition) is 4. The van der Waals surface area contributed by atoms with Crippen molar-refractivity contribution in [2.24, 2.45) is 5.73 Å². The summed E-state index contributed by atoms with van der Waals surface area (Å²) >= 11 is 0. The first-order chi connectivity index (χ1) is 17.7. The predicted molar refractivity (Wildman–Crippen MR) is 149 cm³/mol. The minimum Gasteiger partial charge on any atom is -0.375 e. The first kappa shape index (κ1) is 28.5. The van der Waals surface area contributed by atoms with Crippen LogP contribution >= 0.6 is 0 Å². The molecule has 0 aromatic heterocycles. The largest absolute Gasteiger partial charge is 0.375 e. The van der Waals surface area contributed by atoms with Crippen molar-refractivity contribution in [3.8, 4) is 17.9 Å². The fourth-order valence-electron chi connectivity index (χ4n) is 5.30. The predicted octanol–water partition coefficient (Wildman–Crippen LogP) is 5.76. The summed E-state index contributed by atoms with van der Waals surface area (Å²) in [6.07, 6.45) is 5.22. The SMILES string of the molecule is CC#CC(C)N(CCC)C(=O)c1cc(COCC(C)(N)Cc2ccccc2)cc(C2(C#N)CCCC2)c1. The average molecular weight is 500 g/mol. The lowest BCUT2D eigenvalue weighted by atomic mass is 9.79. The summed E-state index contributed by atoms with van der Waals surface area (Å²) in [5, 5.41) is 10.2. The van der Waals surface area contributed by atoms with Crippen molar-refractivity contribution in [3.63, 3.8) is 0 Å². The van der Waals surface area contributed by atoms with Crippen LogP contribution in [0.25, 0.3) is 0 Å². The Kier molecular flexibility index (Phi) is 9.93. The third kappa shape index (κ3) is 7.45. The van der Waals surface area contributed by atoms with E-state index in [0.29, 0.717) is 31.7 Å². The molecule has 2 aromatic carbocycles. The van der Waals surface area contributed by atoms with E-state index >= 15 is 0 Å². The maximum atomic E-state index is 13.7. The number of nitrogens with two attached hydrogens (primary N) is 1. The van der Waals surface area contributed by atoms with E-state index in [1.165, 1.54) is 5.56 Å². The molecular weight excluding hydrogens is 458 g/mol. The van der Waals surface area contributed by atoms with Gasteiger partial charge in [0.2, 0.25) is 0 Å². The zero-order valence-electron chi connectivity index (χ0n) is 22.8. The Morgan fingerprint density at radius 2 is 1.89 bits per heavy atom. The molecule has 1 aliphatic rings. The van der Waals surface area contributed by atoms with Gasteiger partial charge in [0.25, 0.3) is 5.91 Å². The average Bonchev–Trinajstić information content (AvgIpc) is 3.37. The van der Waals surface area contributed by atoms with Crippen LogP contribution in [0.2, 0.25) is 0 Å². The Labute approximate surface area is 223 Å². The fraction of sp³-hybridized carbons (Fsp3) is 0.500. The number of amides is 1. The van der Waals surface area contributed by atoms with Crippen LogP contribution in [0, 0.1) is 23.2 Å². The second-order valence-corrected chi connectivity index (χ2v) is 10.7. The molecule has 0 bridgehead atoms. The van der Waals surface area contributed by atoms with E-state index in [9.17, 15) is 10.1 Å². The molecule has 1 saturated carbocycles. The summed E-state index contributed by atoms with van der Waals surface area (Å²) in [7, 11) is 0. The lowest BCUT2D eigenvalue weighted by Crippen LogP contribution is -2.43. The fourth-order valence-corrected chi connectivity index (χ4v) is 5.30. The Hall–Kier alpha value is -3.12. The second-order valence-electron chi connectivity index (χ2n) is 10.7. The zero-order chi connectivity index (χ0) is 26.9. The smallest absolute Gasteiger partial charge is 0.254 e. The maximum absolute atomic E-state index is 13.7. The second kappa shape index (κ2) is 12.9. The topological polar surface area (TPSA) is 79.3 Å². The number of nitriles is 1. The van der Waals surface area contributed by atoms with E-state index < -0.39 is 11.0 Å². The molecule has 2 unspecified atom stereocenters. The lowest BCUT2D eigenvalue weighted by molar-refractivity contribution is 0.0725. The molecule has 2 atom stereocenters. The molecule has 0 heterocycles. The van der Waals surface area contributed by atoms with Gasteiger partial charge in [0.05, 0.1) is 30.7 Å². The van der Waals surface area contributed by atoms with Gasteiger partial charge in [-0.3, -0.25) is 4.79 Å². The summed E-state index contributed by atoms with van der Waals surface area (Å²) in [4.78, 5) is 15.5. The molecule has 0 spiro atoms. The molecule has 0 saturated heterocycles. The summed E-state index contributed by atoms with van der Waals surface area (Å²) in [5.41, 5.74) is 9.06. The van der Waals surface area contributed by atoms with Crippen molar-refractivity contribution < 1.29 is 9.53 Å². The Balaban J connectivity index is 1.86. The third-order valence-corrected chi connectivity index (χ3v) is 7.16. The van der Waals surface area contributed by atoms with Gasteiger partial charge in [-0.05, 0) is 75.3 Å². The highest BCUT2D eigenvalue weighted by atomic mass is 16.5. The molecule has 5 heteroatoms. The van der Waals surface area contributed by atoms with Crippen molar-refractivity contribution in [1.29, 1.82) is 5.26 Å². The quantitative estimate of drug-likeness (QED) is 0.399. The summed E-state index contributed by atoms with van der Waals surface area (Å²) in [5.74, 6) is 6.00. The van der Waals surface area contributed by atoms with Crippen LogP contribution in [0.1, 0.15) is 86.8 Å². The van der Waals surface area contributed by atoms with Gasteiger partial charge in [-0.25, -0.2) is 0 Å². The number of nitrogens with zero attached hydrogens (tertiary/aromatic N) is 2. The van der Waals surface area contributed by atoms with Crippen molar-refractivity contribution in [1.82, 2.24) is 4.90 Å². The minimum absolute atomic E-state index is 0.0565. The first-order valence-electron chi connectivity index (χ1n) is 13.4.